The molecule has 0 radical (unpaired) electrons. The first-order valence-corrected chi connectivity index (χ1v) is 11.3. The SMILES string of the molecule is Cc1cccc(N2C(=S)N[C@H](c3ccccn3)[C@@H]2c2ccc(-c3ccc(Cl)c(Cl)c3)o2)c1. The van der Waals surface area contributed by atoms with Crippen molar-refractivity contribution in [3.8, 4) is 11.3 Å². The van der Waals surface area contributed by atoms with Gasteiger partial charge in [-0.3, -0.25) is 4.98 Å². The molecule has 5 rings (SSSR count). The van der Waals surface area contributed by atoms with Gasteiger partial charge in [-0.15, -0.1) is 0 Å². The summed E-state index contributed by atoms with van der Waals surface area (Å²) in [5.41, 5.74) is 3.90. The number of nitrogens with one attached hydrogen (secondary N) is 1. The van der Waals surface area contributed by atoms with Crippen molar-refractivity contribution < 1.29 is 4.42 Å². The largest absolute Gasteiger partial charge is 0.459 e. The fourth-order valence-electron chi connectivity index (χ4n) is 4.02. The lowest BCUT2D eigenvalue weighted by Gasteiger charge is -2.26. The van der Waals surface area contributed by atoms with Gasteiger partial charge < -0.3 is 14.6 Å². The average Bonchev–Trinajstić information content (AvgIpc) is 3.41. The van der Waals surface area contributed by atoms with Crippen LogP contribution in [0, 0.1) is 6.92 Å². The molecule has 1 saturated heterocycles. The van der Waals surface area contributed by atoms with Crippen LogP contribution in [0.4, 0.5) is 5.69 Å². The van der Waals surface area contributed by atoms with Crippen LogP contribution in [0.25, 0.3) is 11.3 Å². The van der Waals surface area contributed by atoms with Crippen LogP contribution in [-0.4, -0.2) is 10.1 Å². The topological polar surface area (TPSA) is 41.3 Å². The van der Waals surface area contributed by atoms with E-state index < -0.39 is 0 Å². The van der Waals surface area contributed by atoms with Crippen molar-refractivity contribution in [1.29, 1.82) is 0 Å². The highest BCUT2D eigenvalue weighted by Gasteiger charge is 2.42. The molecule has 1 fully saturated rings. The lowest BCUT2D eigenvalue weighted by Crippen LogP contribution is -2.29. The third-order valence-electron chi connectivity index (χ3n) is 5.50. The average molecular weight is 480 g/mol. The van der Waals surface area contributed by atoms with Crippen LogP contribution < -0.4 is 10.2 Å². The van der Waals surface area contributed by atoms with Gasteiger partial charge in [-0.1, -0.05) is 41.4 Å². The van der Waals surface area contributed by atoms with E-state index in [1.807, 2.05) is 42.5 Å². The zero-order chi connectivity index (χ0) is 22.2. The molecule has 7 heteroatoms. The normalized spacial score (nSPS) is 18.1. The van der Waals surface area contributed by atoms with E-state index in [0.717, 1.165) is 28.3 Å². The maximum absolute atomic E-state index is 6.36. The van der Waals surface area contributed by atoms with Crippen LogP contribution in [0.1, 0.15) is 29.1 Å². The van der Waals surface area contributed by atoms with E-state index in [1.165, 1.54) is 0 Å². The number of aromatic nitrogens is 1. The third kappa shape index (κ3) is 3.88. The molecule has 4 aromatic rings. The van der Waals surface area contributed by atoms with Gasteiger partial charge in [-0.25, -0.2) is 0 Å². The standard InChI is InChI=1S/C25H19Cl2N3OS/c1-15-5-4-6-17(13-15)30-24(23(29-25(30)32)20-7-2-3-12-28-20)22-11-10-21(31-22)16-8-9-18(26)19(27)14-16/h2-14,23-24H,1H3,(H,29,32)/t23-,24+/m1/s1. The Morgan fingerprint density at radius 1 is 0.969 bits per heavy atom. The summed E-state index contributed by atoms with van der Waals surface area (Å²) >= 11 is 18.1. The highest BCUT2D eigenvalue weighted by molar-refractivity contribution is 7.80. The van der Waals surface area contributed by atoms with Crippen molar-refractivity contribution in [3.63, 3.8) is 0 Å². The minimum absolute atomic E-state index is 0.169. The van der Waals surface area contributed by atoms with Crippen LogP contribution in [0.2, 0.25) is 10.0 Å². The Morgan fingerprint density at radius 3 is 2.59 bits per heavy atom. The quantitative estimate of drug-likeness (QED) is 0.315. The summed E-state index contributed by atoms with van der Waals surface area (Å²) in [4.78, 5) is 6.68. The number of halogens is 2. The molecule has 3 heterocycles. The number of hydrogen-bond donors (Lipinski definition) is 1. The number of hydrogen-bond acceptors (Lipinski definition) is 3. The molecule has 0 saturated carbocycles. The molecular weight excluding hydrogens is 461 g/mol. The fourth-order valence-corrected chi connectivity index (χ4v) is 4.66. The lowest BCUT2D eigenvalue weighted by atomic mass is 10.0. The minimum atomic E-state index is -0.212. The molecule has 32 heavy (non-hydrogen) atoms. The van der Waals surface area contributed by atoms with Crippen molar-refractivity contribution in [1.82, 2.24) is 10.3 Å². The van der Waals surface area contributed by atoms with E-state index in [4.69, 9.17) is 39.8 Å². The fraction of sp³-hybridized carbons (Fsp3) is 0.120. The molecule has 160 valence electrons. The van der Waals surface area contributed by atoms with Gasteiger partial charge in [0.15, 0.2) is 5.11 Å². The second kappa shape index (κ2) is 8.58. The molecular formula is C25H19Cl2N3OS. The minimum Gasteiger partial charge on any atom is -0.459 e. The first kappa shape index (κ1) is 21.0. The Bertz CT molecular complexity index is 1290. The Balaban J connectivity index is 1.60. The summed E-state index contributed by atoms with van der Waals surface area (Å²) in [5, 5.41) is 5.07. The number of anilines is 1. The van der Waals surface area contributed by atoms with Crippen LogP contribution in [0.5, 0.6) is 0 Å². The highest BCUT2D eigenvalue weighted by Crippen LogP contribution is 2.43. The Labute approximate surface area is 201 Å². The second-order valence-electron chi connectivity index (χ2n) is 7.67. The van der Waals surface area contributed by atoms with Crippen LogP contribution >= 0.6 is 35.4 Å². The van der Waals surface area contributed by atoms with Gasteiger partial charge in [0, 0.05) is 17.4 Å². The molecule has 0 amide bonds. The summed E-state index contributed by atoms with van der Waals surface area (Å²) in [5.74, 6) is 1.48. The first-order chi connectivity index (χ1) is 15.5. The molecule has 1 N–H and O–H groups in total. The van der Waals surface area contributed by atoms with E-state index in [2.05, 4.69) is 40.3 Å². The summed E-state index contributed by atoms with van der Waals surface area (Å²) in [7, 11) is 0. The summed E-state index contributed by atoms with van der Waals surface area (Å²) in [6.07, 6.45) is 1.79. The number of nitrogens with zero attached hydrogens (tertiary/aromatic N) is 2. The van der Waals surface area contributed by atoms with E-state index >= 15 is 0 Å². The van der Waals surface area contributed by atoms with Gasteiger partial charge in [0.2, 0.25) is 0 Å². The maximum atomic E-state index is 6.36. The Kier molecular flexibility index (Phi) is 5.64. The molecule has 4 nitrogen and oxygen atoms in total. The van der Waals surface area contributed by atoms with E-state index in [9.17, 15) is 0 Å². The Hall–Kier alpha value is -2.86. The maximum Gasteiger partial charge on any atom is 0.174 e. The number of pyridine rings is 1. The smallest absolute Gasteiger partial charge is 0.174 e. The summed E-state index contributed by atoms with van der Waals surface area (Å²) < 4.78 is 6.36. The second-order valence-corrected chi connectivity index (χ2v) is 8.87. The van der Waals surface area contributed by atoms with Crippen molar-refractivity contribution in [3.05, 3.63) is 106 Å². The van der Waals surface area contributed by atoms with Crippen molar-refractivity contribution in [2.45, 2.75) is 19.0 Å². The number of furan rings is 1. The summed E-state index contributed by atoms with van der Waals surface area (Å²) in [6.45, 7) is 2.07. The lowest BCUT2D eigenvalue weighted by molar-refractivity contribution is 0.439. The van der Waals surface area contributed by atoms with E-state index in [1.54, 1.807) is 18.3 Å². The van der Waals surface area contributed by atoms with Gasteiger partial charge in [0.05, 0.1) is 21.8 Å². The Morgan fingerprint density at radius 2 is 1.84 bits per heavy atom. The summed E-state index contributed by atoms with van der Waals surface area (Å²) in [6, 6.07) is 23.1. The molecule has 0 spiro atoms. The first-order valence-electron chi connectivity index (χ1n) is 10.1. The number of aryl methyl sites for hydroxylation is 1. The monoisotopic (exact) mass is 479 g/mol. The highest BCUT2D eigenvalue weighted by atomic mass is 35.5. The van der Waals surface area contributed by atoms with Crippen LogP contribution in [0.3, 0.4) is 0 Å². The molecule has 0 bridgehead atoms. The zero-order valence-corrected chi connectivity index (χ0v) is 19.5. The predicted octanol–water partition coefficient (Wildman–Crippen LogP) is 7.13. The zero-order valence-electron chi connectivity index (χ0n) is 17.1. The molecule has 1 aliphatic rings. The van der Waals surface area contributed by atoms with Gasteiger partial charge in [0.1, 0.15) is 17.6 Å². The van der Waals surface area contributed by atoms with Crippen LogP contribution in [0.15, 0.2) is 83.4 Å². The predicted molar refractivity (Wildman–Crippen MR) is 133 cm³/mol. The number of rotatable bonds is 4. The number of benzene rings is 2. The van der Waals surface area contributed by atoms with Crippen molar-refractivity contribution in [2.75, 3.05) is 4.90 Å². The number of thiocarbonyl (C=S) groups is 1. The van der Waals surface area contributed by atoms with Crippen molar-refractivity contribution >= 4 is 46.2 Å². The molecule has 2 aromatic carbocycles. The van der Waals surface area contributed by atoms with Gasteiger partial charge in [-0.2, -0.15) is 0 Å². The van der Waals surface area contributed by atoms with E-state index in [-0.39, 0.29) is 12.1 Å². The molecule has 0 aliphatic carbocycles. The van der Waals surface area contributed by atoms with Crippen molar-refractivity contribution in [2.24, 2.45) is 0 Å². The molecule has 2 aromatic heterocycles. The van der Waals surface area contributed by atoms with Crippen LogP contribution in [-0.2, 0) is 0 Å². The molecule has 1 aliphatic heterocycles. The van der Waals surface area contributed by atoms with Gasteiger partial charge in [-0.05, 0) is 79.3 Å². The molecule has 2 atom stereocenters. The van der Waals surface area contributed by atoms with E-state index in [0.29, 0.717) is 20.9 Å². The third-order valence-corrected chi connectivity index (χ3v) is 6.55. The van der Waals surface area contributed by atoms with Gasteiger partial charge >= 0.3 is 0 Å². The molecule has 0 unspecified atom stereocenters. The van der Waals surface area contributed by atoms with Gasteiger partial charge in [0.25, 0.3) is 0 Å².